The normalized spacial score (nSPS) is 10.4. The third-order valence-corrected chi connectivity index (χ3v) is 2.67. The van der Waals surface area contributed by atoms with E-state index in [4.69, 9.17) is 0 Å². The monoisotopic (exact) mass is 222 g/mol. The summed E-state index contributed by atoms with van der Waals surface area (Å²) in [7, 11) is 0. The molecular formula is C13H18O3. The lowest BCUT2D eigenvalue weighted by molar-refractivity contribution is 0.101. The Balaban J connectivity index is 2.97. The Morgan fingerprint density at radius 3 is 2.50 bits per heavy atom. The Hall–Kier alpha value is -1.51. The van der Waals surface area contributed by atoms with Gasteiger partial charge in [-0.25, -0.2) is 0 Å². The number of phenolic OH excluding ortho intramolecular Hbond substituents is 2. The standard InChI is InChI=1S/C13H18O3/c1-3-4-5-6-11-12(15)8-7-10(9(2)14)13(11)16/h7-8,15-16H,3-6H2,1-2H3. The maximum atomic E-state index is 11.2. The highest BCUT2D eigenvalue weighted by molar-refractivity contribution is 5.97. The molecule has 0 amide bonds. The second-order valence-electron chi connectivity index (χ2n) is 3.97. The number of Topliss-reactive ketones (excluding diaryl/α,β-unsaturated/α-hetero) is 1. The van der Waals surface area contributed by atoms with E-state index in [0.29, 0.717) is 12.0 Å². The first-order valence-corrected chi connectivity index (χ1v) is 5.62. The van der Waals surface area contributed by atoms with Gasteiger partial charge in [0.05, 0.1) is 5.56 Å². The minimum absolute atomic E-state index is 0.0661. The number of rotatable bonds is 5. The van der Waals surface area contributed by atoms with Crippen molar-refractivity contribution in [1.82, 2.24) is 0 Å². The van der Waals surface area contributed by atoms with Crippen LogP contribution in [0.3, 0.4) is 0 Å². The third kappa shape index (κ3) is 2.75. The van der Waals surface area contributed by atoms with Gasteiger partial charge in [-0.3, -0.25) is 4.79 Å². The van der Waals surface area contributed by atoms with E-state index in [0.717, 1.165) is 19.3 Å². The fourth-order valence-electron chi connectivity index (χ4n) is 1.71. The second kappa shape index (κ2) is 5.54. The van der Waals surface area contributed by atoms with Crippen LogP contribution in [0.25, 0.3) is 0 Å². The molecule has 0 heterocycles. The molecule has 0 atom stereocenters. The molecule has 88 valence electrons. The summed E-state index contributed by atoms with van der Waals surface area (Å²) >= 11 is 0. The van der Waals surface area contributed by atoms with Crippen molar-refractivity contribution in [1.29, 1.82) is 0 Å². The molecule has 0 saturated heterocycles. The minimum Gasteiger partial charge on any atom is -0.508 e. The van der Waals surface area contributed by atoms with E-state index in [-0.39, 0.29) is 22.8 Å². The molecule has 0 unspecified atom stereocenters. The number of carbonyl (C=O) groups excluding carboxylic acids is 1. The van der Waals surface area contributed by atoms with Crippen LogP contribution in [0.5, 0.6) is 11.5 Å². The summed E-state index contributed by atoms with van der Waals surface area (Å²) in [5.74, 6) is -0.184. The summed E-state index contributed by atoms with van der Waals surface area (Å²) in [6.45, 7) is 3.49. The minimum atomic E-state index is -0.186. The molecule has 3 nitrogen and oxygen atoms in total. The van der Waals surface area contributed by atoms with Gasteiger partial charge in [-0.15, -0.1) is 0 Å². The number of unbranched alkanes of at least 4 members (excludes halogenated alkanes) is 2. The maximum absolute atomic E-state index is 11.2. The van der Waals surface area contributed by atoms with Crippen LogP contribution >= 0.6 is 0 Å². The highest BCUT2D eigenvalue weighted by Crippen LogP contribution is 2.32. The van der Waals surface area contributed by atoms with Crippen molar-refractivity contribution < 1.29 is 15.0 Å². The van der Waals surface area contributed by atoms with Crippen LogP contribution in [0.1, 0.15) is 49.0 Å². The van der Waals surface area contributed by atoms with Gasteiger partial charge in [-0.1, -0.05) is 19.8 Å². The van der Waals surface area contributed by atoms with Gasteiger partial charge in [-0.2, -0.15) is 0 Å². The molecule has 0 bridgehead atoms. The summed E-state index contributed by atoms with van der Waals surface area (Å²) < 4.78 is 0. The lowest BCUT2D eigenvalue weighted by Gasteiger charge is -2.09. The fourth-order valence-corrected chi connectivity index (χ4v) is 1.71. The van der Waals surface area contributed by atoms with Gasteiger partial charge in [0.15, 0.2) is 5.78 Å². The summed E-state index contributed by atoms with van der Waals surface area (Å²) in [5, 5.41) is 19.5. The molecule has 2 N–H and O–H groups in total. The third-order valence-electron chi connectivity index (χ3n) is 2.67. The van der Waals surface area contributed by atoms with Gasteiger partial charge >= 0.3 is 0 Å². The van der Waals surface area contributed by atoms with E-state index < -0.39 is 0 Å². The zero-order chi connectivity index (χ0) is 12.1. The molecule has 1 rings (SSSR count). The second-order valence-corrected chi connectivity index (χ2v) is 3.97. The molecule has 0 aliphatic heterocycles. The number of hydrogen-bond donors (Lipinski definition) is 2. The molecule has 0 aliphatic carbocycles. The van der Waals surface area contributed by atoms with Gasteiger partial charge < -0.3 is 10.2 Å². The maximum Gasteiger partial charge on any atom is 0.163 e. The number of carbonyl (C=O) groups is 1. The molecule has 0 saturated carbocycles. The van der Waals surface area contributed by atoms with E-state index in [9.17, 15) is 15.0 Å². The lowest BCUT2D eigenvalue weighted by atomic mass is 10.00. The summed E-state index contributed by atoms with van der Waals surface area (Å²) in [6, 6.07) is 2.92. The molecule has 0 aromatic heterocycles. The van der Waals surface area contributed by atoms with Gasteiger partial charge in [0.25, 0.3) is 0 Å². The average molecular weight is 222 g/mol. The van der Waals surface area contributed by atoms with E-state index in [2.05, 4.69) is 6.92 Å². The predicted molar refractivity (Wildman–Crippen MR) is 63.0 cm³/mol. The molecule has 3 heteroatoms. The van der Waals surface area contributed by atoms with Gasteiger partial charge in [0.2, 0.25) is 0 Å². The van der Waals surface area contributed by atoms with Crippen LogP contribution in [0, 0.1) is 0 Å². The van der Waals surface area contributed by atoms with E-state index in [1.807, 2.05) is 0 Å². The first-order chi connectivity index (χ1) is 7.57. The quantitative estimate of drug-likeness (QED) is 0.594. The first-order valence-electron chi connectivity index (χ1n) is 5.62. The SMILES string of the molecule is CCCCCc1c(O)ccc(C(C)=O)c1O. The lowest BCUT2D eigenvalue weighted by Crippen LogP contribution is -1.97. The first kappa shape index (κ1) is 12.6. The molecule has 1 aromatic rings. The van der Waals surface area contributed by atoms with Gasteiger partial charge in [-0.05, 0) is 31.9 Å². The molecule has 0 radical (unpaired) electrons. The Morgan fingerprint density at radius 1 is 1.25 bits per heavy atom. The van der Waals surface area contributed by atoms with Crippen LogP contribution in [0.4, 0.5) is 0 Å². The van der Waals surface area contributed by atoms with Crippen molar-refractivity contribution in [2.75, 3.05) is 0 Å². The van der Waals surface area contributed by atoms with E-state index in [1.165, 1.54) is 19.1 Å². The van der Waals surface area contributed by atoms with Gasteiger partial charge in [0.1, 0.15) is 11.5 Å². The Labute approximate surface area is 95.7 Å². The predicted octanol–water partition coefficient (Wildman–Crippen LogP) is 3.03. The highest BCUT2D eigenvalue weighted by atomic mass is 16.3. The number of benzene rings is 1. The summed E-state index contributed by atoms with van der Waals surface area (Å²) in [4.78, 5) is 11.2. The molecular weight excluding hydrogens is 204 g/mol. The van der Waals surface area contributed by atoms with Crippen LogP contribution in [-0.2, 0) is 6.42 Å². The zero-order valence-corrected chi connectivity index (χ0v) is 9.79. The highest BCUT2D eigenvalue weighted by Gasteiger charge is 2.14. The van der Waals surface area contributed by atoms with E-state index in [1.54, 1.807) is 0 Å². The average Bonchev–Trinajstić information content (AvgIpc) is 2.22. The van der Waals surface area contributed by atoms with Crippen molar-refractivity contribution in [2.45, 2.75) is 39.5 Å². The number of phenols is 2. The van der Waals surface area contributed by atoms with E-state index >= 15 is 0 Å². The van der Waals surface area contributed by atoms with Crippen molar-refractivity contribution in [3.05, 3.63) is 23.3 Å². The summed E-state index contributed by atoms with van der Waals surface area (Å²) in [5.41, 5.74) is 0.769. The zero-order valence-electron chi connectivity index (χ0n) is 9.79. The summed E-state index contributed by atoms with van der Waals surface area (Å²) in [6.07, 6.45) is 3.63. The van der Waals surface area contributed by atoms with Crippen molar-refractivity contribution in [3.63, 3.8) is 0 Å². The fraction of sp³-hybridized carbons (Fsp3) is 0.462. The Bertz CT molecular complexity index is 383. The number of aromatic hydroxyl groups is 2. The molecule has 0 fully saturated rings. The van der Waals surface area contributed by atoms with Gasteiger partial charge in [0, 0.05) is 5.56 Å². The van der Waals surface area contributed by atoms with Crippen molar-refractivity contribution in [2.24, 2.45) is 0 Å². The Morgan fingerprint density at radius 2 is 1.94 bits per heavy atom. The molecule has 16 heavy (non-hydrogen) atoms. The topological polar surface area (TPSA) is 57.5 Å². The number of ketones is 1. The molecule has 0 spiro atoms. The number of hydrogen-bond acceptors (Lipinski definition) is 3. The van der Waals surface area contributed by atoms with Crippen molar-refractivity contribution in [3.8, 4) is 11.5 Å². The largest absolute Gasteiger partial charge is 0.508 e. The van der Waals surface area contributed by atoms with Crippen LogP contribution in [0.2, 0.25) is 0 Å². The Kier molecular flexibility index (Phi) is 4.35. The van der Waals surface area contributed by atoms with Crippen LogP contribution < -0.4 is 0 Å². The molecule has 1 aromatic carbocycles. The van der Waals surface area contributed by atoms with Crippen LogP contribution in [0.15, 0.2) is 12.1 Å². The van der Waals surface area contributed by atoms with Crippen molar-refractivity contribution >= 4 is 5.78 Å². The molecule has 0 aliphatic rings. The smallest absolute Gasteiger partial charge is 0.163 e. The van der Waals surface area contributed by atoms with Crippen LogP contribution in [-0.4, -0.2) is 16.0 Å².